The van der Waals surface area contributed by atoms with Gasteiger partial charge in [-0.1, -0.05) is 30.3 Å². The van der Waals surface area contributed by atoms with Crippen molar-refractivity contribution < 1.29 is 4.79 Å². The van der Waals surface area contributed by atoms with Gasteiger partial charge >= 0.3 is 6.03 Å². The van der Waals surface area contributed by atoms with E-state index >= 15 is 0 Å². The third-order valence-corrected chi connectivity index (χ3v) is 6.24. The summed E-state index contributed by atoms with van der Waals surface area (Å²) in [6, 6.07) is 16.3. The minimum absolute atomic E-state index is 0.171. The number of benzene rings is 1. The Morgan fingerprint density at radius 3 is 2.38 bits per heavy atom. The Morgan fingerprint density at radius 1 is 1.03 bits per heavy atom. The average Bonchev–Trinajstić information content (AvgIpc) is 3.21. The summed E-state index contributed by atoms with van der Waals surface area (Å²) in [4.78, 5) is 17.2. The Kier molecular flexibility index (Phi) is 4.54. The van der Waals surface area contributed by atoms with E-state index in [-0.39, 0.29) is 12.1 Å². The van der Waals surface area contributed by atoms with Crippen LogP contribution in [0.2, 0.25) is 0 Å². The van der Waals surface area contributed by atoms with Crippen molar-refractivity contribution in [3.8, 4) is 5.82 Å². The summed E-state index contributed by atoms with van der Waals surface area (Å²) >= 11 is 0. The molecule has 148 valence electrons. The van der Waals surface area contributed by atoms with Gasteiger partial charge < -0.3 is 5.32 Å². The fraction of sp³-hybridized carbons (Fsp3) is 0.348. The molecular formula is C23H25N5O. The molecular weight excluding hydrogens is 362 g/mol. The molecule has 2 heterocycles. The van der Waals surface area contributed by atoms with Gasteiger partial charge in [-0.25, -0.2) is 9.78 Å². The van der Waals surface area contributed by atoms with Gasteiger partial charge in [-0.15, -0.1) is 0 Å². The van der Waals surface area contributed by atoms with Gasteiger partial charge in [0.25, 0.3) is 0 Å². The molecule has 0 radical (unpaired) electrons. The van der Waals surface area contributed by atoms with Crippen LogP contribution in [0, 0.1) is 18.8 Å². The molecule has 2 unspecified atom stereocenters. The zero-order chi connectivity index (χ0) is 19.8. The molecule has 2 aliphatic rings. The van der Waals surface area contributed by atoms with Crippen LogP contribution in [0.15, 0.2) is 54.7 Å². The Hall–Kier alpha value is -3.15. The summed E-state index contributed by atoms with van der Waals surface area (Å²) in [6.45, 7) is 1.91. The van der Waals surface area contributed by atoms with E-state index in [1.165, 1.54) is 24.0 Å². The molecule has 29 heavy (non-hydrogen) atoms. The molecule has 1 saturated carbocycles. The molecule has 2 N–H and O–H groups in total. The quantitative estimate of drug-likeness (QED) is 0.716. The molecule has 2 atom stereocenters. The second kappa shape index (κ2) is 7.35. The number of nitrogens with one attached hydrogen (secondary N) is 2. The molecule has 6 nitrogen and oxygen atoms in total. The number of hydrogen-bond donors (Lipinski definition) is 2. The maximum atomic E-state index is 12.9. The molecule has 0 aliphatic heterocycles. The van der Waals surface area contributed by atoms with E-state index in [2.05, 4.69) is 45.0 Å². The number of pyridine rings is 1. The highest BCUT2D eigenvalue weighted by molar-refractivity contribution is 5.89. The molecule has 2 aliphatic carbocycles. The third-order valence-electron chi connectivity index (χ3n) is 6.24. The van der Waals surface area contributed by atoms with Gasteiger partial charge in [0.05, 0.1) is 5.69 Å². The van der Waals surface area contributed by atoms with E-state index in [0.29, 0.717) is 23.5 Å². The molecule has 5 rings (SSSR count). The molecule has 2 aromatic heterocycles. The van der Waals surface area contributed by atoms with E-state index in [9.17, 15) is 4.79 Å². The number of nitrogens with zero attached hydrogens (tertiary/aromatic N) is 3. The Bertz CT molecular complexity index is 996. The first kappa shape index (κ1) is 17.9. The molecule has 1 aromatic carbocycles. The van der Waals surface area contributed by atoms with Crippen LogP contribution in [0.4, 0.5) is 10.6 Å². The first-order valence-electron chi connectivity index (χ1n) is 10.3. The lowest BCUT2D eigenvalue weighted by atomic mass is 9.94. The maximum absolute atomic E-state index is 12.9. The third kappa shape index (κ3) is 3.50. The molecule has 0 saturated heterocycles. The predicted octanol–water partition coefficient (Wildman–Crippen LogP) is 3.89. The van der Waals surface area contributed by atoms with Crippen LogP contribution in [0.1, 0.15) is 29.7 Å². The molecule has 2 amide bonds. The summed E-state index contributed by atoms with van der Waals surface area (Å²) in [5, 5.41) is 10.8. The van der Waals surface area contributed by atoms with E-state index in [4.69, 9.17) is 0 Å². The largest absolute Gasteiger partial charge is 0.335 e. The number of fused-ring (bicyclic) bond motifs is 3. The highest BCUT2D eigenvalue weighted by Gasteiger charge is 2.39. The van der Waals surface area contributed by atoms with Gasteiger partial charge in [0, 0.05) is 18.3 Å². The molecule has 0 spiro atoms. The number of aryl methyl sites for hydroxylation is 1. The van der Waals surface area contributed by atoms with Gasteiger partial charge in [0.15, 0.2) is 5.82 Å². The molecule has 6 heteroatoms. The second-order valence-electron chi connectivity index (χ2n) is 8.17. The monoisotopic (exact) mass is 387 g/mol. The van der Waals surface area contributed by atoms with Crippen LogP contribution in [-0.4, -0.2) is 26.8 Å². The lowest BCUT2D eigenvalue weighted by Gasteiger charge is -2.24. The summed E-state index contributed by atoms with van der Waals surface area (Å²) < 4.78 is 1.67. The van der Waals surface area contributed by atoms with Gasteiger partial charge in [-0.2, -0.15) is 9.78 Å². The van der Waals surface area contributed by atoms with E-state index in [1.807, 2.05) is 31.2 Å². The van der Waals surface area contributed by atoms with Crippen molar-refractivity contribution in [1.82, 2.24) is 20.1 Å². The van der Waals surface area contributed by atoms with Crippen LogP contribution in [0.25, 0.3) is 5.82 Å². The molecule has 1 fully saturated rings. The number of carbonyl (C=O) groups is 1. The fourth-order valence-corrected chi connectivity index (χ4v) is 4.93. The Balaban J connectivity index is 1.32. The van der Waals surface area contributed by atoms with Gasteiger partial charge in [-0.05, 0) is 67.7 Å². The highest BCUT2D eigenvalue weighted by atomic mass is 16.2. The maximum Gasteiger partial charge on any atom is 0.320 e. The van der Waals surface area contributed by atoms with Crippen LogP contribution >= 0.6 is 0 Å². The van der Waals surface area contributed by atoms with Crippen LogP contribution in [0.3, 0.4) is 0 Å². The minimum atomic E-state index is -0.171. The normalized spacial score (nSPS) is 22.6. The van der Waals surface area contributed by atoms with E-state index in [0.717, 1.165) is 18.5 Å². The summed E-state index contributed by atoms with van der Waals surface area (Å²) in [5.41, 5.74) is 3.71. The lowest BCUT2D eigenvalue weighted by molar-refractivity contribution is 0.240. The van der Waals surface area contributed by atoms with Gasteiger partial charge in [0.1, 0.15) is 5.82 Å². The zero-order valence-electron chi connectivity index (χ0n) is 16.5. The number of carbonyl (C=O) groups excluding carboxylic acids is 1. The van der Waals surface area contributed by atoms with Crippen LogP contribution in [-0.2, 0) is 12.8 Å². The predicted molar refractivity (Wildman–Crippen MR) is 112 cm³/mol. The SMILES string of the molecule is Cc1cc(NC(=O)NC2C3CCC2Cc2ccccc2C3)n(-c2ccccn2)n1. The van der Waals surface area contributed by atoms with Gasteiger partial charge in [-0.3, -0.25) is 5.32 Å². The van der Waals surface area contributed by atoms with Crippen molar-refractivity contribution in [1.29, 1.82) is 0 Å². The topological polar surface area (TPSA) is 71.8 Å². The number of hydrogen-bond acceptors (Lipinski definition) is 3. The Labute approximate surface area is 170 Å². The van der Waals surface area contributed by atoms with Crippen molar-refractivity contribution >= 4 is 11.8 Å². The van der Waals surface area contributed by atoms with E-state index < -0.39 is 0 Å². The second-order valence-corrected chi connectivity index (χ2v) is 8.17. The first-order chi connectivity index (χ1) is 14.2. The summed E-state index contributed by atoms with van der Waals surface area (Å²) in [7, 11) is 0. The highest BCUT2D eigenvalue weighted by Crippen LogP contribution is 2.40. The lowest BCUT2D eigenvalue weighted by Crippen LogP contribution is -2.44. The first-order valence-corrected chi connectivity index (χ1v) is 10.3. The number of urea groups is 1. The smallest absolute Gasteiger partial charge is 0.320 e. The van der Waals surface area contributed by atoms with Crippen molar-refractivity contribution in [3.63, 3.8) is 0 Å². The summed E-state index contributed by atoms with van der Waals surface area (Å²) in [6.07, 6.45) is 6.16. The van der Waals surface area contributed by atoms with Crippen molar-refractivity contribution in [3.05, 3.63) is 71.5 Å². The Morgan fingerprint density at radius 2 is 1.72 bits per heavy atom. The number of amides is 2. The molecule has 2 bridgehead atoms. The van der Waals surface area contributed by atoms with Crippen molar-refractivity contribution in [2.75, 3.05) is 5.32 Å². The number of anilines is 1. The summed E-state index contributed by atoms with van der Waals surface area (Å²) in [5.74, 6) is 2.30. The number of aromatic nitrogens is 3. The van der Waals surface area contributed by atoms with Crippen molar-refractivity contribution in [2.24, 2.45) is 11.8 Å². The van der Waals surface area contributed by atoms with Gasteiger partial charge in [0.2, 0.25) is 0 Å². The molecule has 3 aromatic rings. The number of rotatable bonds is 3. The van der Waals surface area contributed by atoms with Crippen molar-refractivity contribution in [2.45, 2.75) is 38.6 Å². The van der Waals surface area contributed by atoms with Crippen LogP contribution < -0.4 is 10.6 Å². The van der Waals surface area contributed by atoms with Crippen LogP contribution in [0.5, 0.6) is 0 Å². The fourth-order valence-electron chi connectivity index (χ4n) is 4.93. The van der Waals surface area contributed by atoms with E-state index in [1.54, 1.807) is 10.9 Å². The standard InChI is InChI=1S/C23H25N5O/c1-15-12-21(28(27-15)20-8-4-5-11-24-20)25-23(29)26-22-18-9-10-19(22)14-17-7-3-2-6-16(17)13-18/h2-8,11-12,18-19,22H,9-10,13-14H2,1H3,(H2,25,26,29). The minimum Gasteiger partial charge on any atom is -0.335 e. The average molecular weight is 387 g/mol. The zero-order valence-corrected chi connectivity index (χ0v) is 16.5.